The number of piperidine rings is 1. The number of hydrogen-bond donors (Lipinski definition) is 0. The maximum atomic E-state index is 6.27. The third-order valence-corrected chi connectivity index (χ3v) is 4.12. The number of aryl methyl sites for hydroxylation is 1. The fourth-order valence-electron chi connectivity index (χ4n) is 3.00. The molecule has 1 aliphatic rings. The Morgan fingerprint density at radius 3 is 2.42 bits per heavy atom. The standard InChI is InChI=1S/C15H24ClN3/c1-5-6-13-17-14(16)12(4)15(18-13)19-8-10(2)7-11(3)9-19/h10-11H,5-9H2,1-4H3. The Bertz CT molecular complexity index is 437. The van der Waals surface area contributed by atoms with Crippen molar-refractivity contribution in [3.63, 3.8) is 0 Å². The highest BCUT2D eigenvalue weighted by Gasteiger charge is 2.25. The topological polar surface area (TPSA) is 29.0 Å². The summed E-state index contributed by atoms with van der Waals surface area (Å²) in [5.74, 6) is 3.35. The molecule has 3 nitrogen and oxygen atoms in total. The number of halogens is 1. The van der Waals surface area contributed by atoms with Crippen LogP contribution in [0.1, 0.15) is 45.0 Å². The van der Waals surface area contributed by atoms with Crippen molar-refractivity contribution >= 4 is 17.4 Å². The van der Waals surface area contributed by atoms with Crippen LogP contribution in [0, 0.1) is 18.8 Å². The summed E-state index contributed by atoms with van der Waals surface area (Å²) in [4.78, 5) is 11.5. The van der Waals surface area contributed by atoms with Crippen molar-refractivity contribution in [3.05, 3.63) is 16.5 Å². The monoisotopic (exact) mass is 281 g/mol. The molecule has 0 N–H and O–H groups in total. The highest BCUT2D eigenvalue weighted by atomic mass is 35.5. The zero-order valence-corrected chi connectivity index (χ0v) is 13.2. The van der Waals surface area contributed by atoms with Gasteiger partial charge in [0.05, 0.1) is 0 Å². The molecule has 0 bridgehead atoms. The van der Waals surface area contributed by atoms with Crippen molar-refractivity contribution in [2.75, 3.05) is 18.0 Å². The van der Waals surface area contributed by atoms with Crippen molar-refractivity contribution in [1.82, 2.24) is 9.97 Å². The smallest absolute Gasteiger partial charge is 0.137 e. The van der Waals surface area contributed by atoms with Crippen molar-refractivity contribution < 1.29 is 0 Å². The molecule has 2 unspecified atom stereocenters. The molecule has 4 heteroatoms. The Kier molecular flexibility index (Phi) is 4.67. The summed E-state index contributed by atoms with van der Waals surface area (Å²) in [6, 6.07) is 0. The highest BCUT2D eigenvalue weighted by molar-refractivity contribution is 6.30. The Morgan fingerprint density at radius 1 is 1.21 bits per heavy atom. The second-order valence-corrected chi connectivity index (χ2v) is 6.34. The molecule has 1 aromatic rings. The molecular formula is C15H24ClN3. The van der Waals surface area contributed by atoms with Crippen LogP contribution in [0.2, 0.25) is 5.15 Å². The van der Waals surface area contributed by atoms with E-state index in [2.05, 4.69) is 30.7 Å². The molecule has 0 aliphatic carbocycles. The van der Waals surface area contributed by atoms with Gasteiger partial charge in [-0.15, -0.1) is 0 Å². The summed E-state index contributed by atoms with van der Waals surface area (Å²) in [5.41, 5.74) is 1.02. The molecule has 0 spiro atoms. The predicted molar refractivity (Wildman–Crippen MR) is 80.9 cm³/mol. The normalized spacial score (nSPS) is 23.7. The quantitative estimate of drug-likeness (QED) is 0.788. The number of rotatable bonds is 3. The number of anilines is 1. The maximum absolute atomic E-state index is 6.27. The summed E-state index contributed by atoms with van der Waals surface area (Å²) < 4.78 is 0. The maximum Gasteiger partial charge on any atom is 0.137 e. The minimum Gasteiger partial charge on any atom is -0.356 e. The molecule has 2 heterocycles. The van der Waals surface area contributed by atoms with Gasteiger partial charge >= 0.3 is 0 Å². The summed E-state index contributed by atoms with van der Waals surface area (Å²) in [5, 5.41) is 0.610. The summed E-state index contributed by atoms with van der Waals surface area (Å²) in [7, 11) is 0. The second-order valence-electron chi connectivity index (χ2n) is 5.98. The molecule has 19 heavy (non-hydrogen) atoms. The molecule has 0 radical (unpaired) electrons. The fraction of sp³-hybridized carbons (Fsp3) is 0.733. The van der Waals surface area contributed by atoms with Gasteiger partial charge in [0.1, 0.15) is 16.8 Å². The molecule has 106 valence electrons. The van der Waals surface area contributed by atoms with Gasteiger partial charge in [-0.3, -0.25) is 0 Å². The van der Waals surface area contributed by atoms with Crippen molar-refractivity contribution in [3.8, 4) is 0 Å². The van der Waals surface area contributed by atoms with Gasteiger partial charge in [0.15, 0.2) is 0 Å². The summed E-state index contributed by atoms with van der Waals surface area (Å²) in [6.45, 7) is 10.9. The lowest BCUT2D eigenvalue weighted by molar-refractivity contribution is 0.355. The van der Waals surface area contributed by atoms with Crippen molar-refractivity contribution in [1.29, 1.82) is 0 Å². The van der Waals surface area contributed by atoms with E-state index in [4.69, 9.17) is 16.6 Å². The van der Waals surface area contributed by atoms with Crippen LogP contribution in [0.15, 0.2) is 0 Å². The van der Waals surface area contributed by atoms with Crippen LogP contribution >= 0.6 is 11.6 Å². The SMILES string of the molecule is CCCc1nc(Cl)c(C)c(N2CC(C)CC(C)C2)n1. The van der Waals surface area contributed by atoms with E-state index in [-0.39, 0.29) is 0 Å². The molecule has 1 aliphatic heterocycles. The van der Waals surface area contributed by atoms with Crippen LogP contribution < -0.4 is 4.90 Å². The molecule has 0 amide bonds. The van der Waals surface area contributed by atoms with Crippen LogP contribution in [-0.4, -0.2) is 23.1 Å². The van der Waals surface area contributed by atoms with Gasteiger partial charge in [-0.25, -0.2) is 9.97 Å². The lowest BCUT2D eigenvalue weighted by atomic mass is 9.92. The van der Waals surface area contributed by atoms with Crippen molar-refractivity contribution in [2.45, 2.75) is 47.0 Å². The first kappa shape index (κ1) is 14.6. The average Bonchev–Trinajstić information content (AvgIpc) is 2.32. The minimum absolute atomic E-state index is 0.610. The summed E-state index contributed by atoms with van der Waals surface area (Å²) >= 11 is 6.27. The lowest BCUT2D eigenvalue weighted by Gasteiger charge is -2.36. The van der Waals surface area contributed by atoms with Gasteiger partial charge < -0.3 is 4.90 Å². The van der Waals surface area contributed by atoms with E-state index in [9.17, 15) is 0 Å². The van der Waals surface area contributed by atoms with E-state index >= 15 is 0 Å². The second kappa shape index (κ2) is 6.08. The third kappa shape index (κ3) is 3.38. The first-order valence-corrected chi connectivity index (χ1v) is 7.67. The van der Waals surface area contributed by atoms with E-state index in [1.165, 1.54) is 6.42 Å². The molecular weight excluding hydrogens is 258 g/mol. The van der Waals surface area contributed by atoms with Crippen LogP contribution in [-0.2, 0) is 6.42 Å². The Hall–Kier alpha value is -0.830. The molecule has 1 saturated heterocycles. The molecule has 1 aromatic heterocycles. The largest absolute Gasteiger partial charge is 0.356 e. The number of aromatic nitrogens is 2. The number of hydrogen-bond acceptors (Lipinski definition) is 3. The van der Waals surface area contributed by atoms with Gasteiger partial charge in [0.25, 0.3) is 0 Å². The van der Waals surface area contributed by atoms with Gasteiger partial charge in [-0.2, -0.15) is 0 Å². The highest BCUT2D eigenvalue weighted by Crippen LogP contribution is 2.29. The minimum atomic E-state index is 0.610. The average molecular weight is 282 g/mol. The van der Waals surface area contributed by atoms with Gasteiger partial charge in [-0.05, 0) is 31.6 Å². The third-order valence-electron chi connectivity index (χ3n) is 3.75. The van der Waals surface area contributed by atoms with Gasteiger partial charge in [0, 0.05) is 25.1 Å². The van der Waals surface area contributed by atoms with Crippen LogP contribution in [0.5, 0.6) is 0 Å². The molecule has 2 rings (SSSR count). The lowest BCUT2D eigenvalue weighted by Crippen LogP contribution is -2.39. The Labute approximate surface area is 121 Å². The Morgan fingerprint density at radius 2 is 1.84 bits per heavy atom. The molecule has 1 fully saturated rings. The van der Waals surface area contributed by atoms with Gasteiger partial charge in [-0.1, -0.05) is 32.4 Å². The van der Waals surface area contributed by atoms with Crippen LogP contribution in [0.4, 0.5) is 5.82 Å². The molecule has 0 aromatic carbocycles. The van der Waals surface area contributed by atoms with Gasteiger partial charge in [0.2, 0.25) is 0 Å². The Balaban J connectivity index is 2.31. The first-order valence-electron chi connectivity index (χ1n) is 7.29. The number of nitrogens with zero attached hydrogens (tertiary/aromatic N) is 3. The van der Waals surface area contributed by atoms with Crippen molar-refractivity contribution in [2.24, 2.45) is 11.8 Å². The van der Waals surface area contributed by atoms with E-state index in [0.29, 0.717) is 17.0 Å². The van der Waals surface area contributed by atoms with E-state index < -0.39 is 0 Å². The zero-order valence-electron chi connectivity index (χ0n) is 12.4. The van der Waals surface area contributed by atoms with E-state index in [1.54, 1.807) is 0 Å². The molecule has 0 saturated carbocycles. The summed E-state index contributed by atoms with van der Waals surface area (Å²) in [6.07, 6.45) is 3.24. The predicted octanol–water partition coefficient (Wildman–Crippen LogP) is 3.87. The zero-order chi connectivity index (χ0) is 14.0. The van der Waals surface area contributed by atoms with Crippen LogP contribution in [0.3, 0.4) is 0 Å². The molecule has 2 atom stereocenters. The first-order chi connectivity index (χ1) is 9.01. The van der Waals surface area contributed by atoms with Crippen LogP contribution in [0.25, 0.3) is 0 Å². The van der Waals surface area contributed by atoms with E-state index in [0.717, 1.165) is 43.1 Å². The fourth-order valence-corrected chi connectivity index (χ4v) is 3.18. The van der Waals surface area contributed by atoms with E-state index in [1.807, 2.05) is 6.92 Å².